The van der Waals surface area contributed by atoms with Crippen molar-refractivity contribution >= 4 is 27.5 Å². The minimum Gasteiger partial charge on any atom is -0.378 e. The van der Waals surface area contributed by atoms with Gasteiger partial charge in [0, 0.05) is 19.6 Å². The fraction of sp³-hybridized carbons (Fsp3) is 0.583. The van der Waals surface area contributed by atoms with Gasteiger partial charge in [-0.15, -0.1) is 0 Å². The Morgan fingerprint density at radius 1 is 1.26 bits per heavy atom. The Balaban J connectivity index is 2.05. The predicted molar refractivity (Wildman–Crippen MR) is 75.7 cm³/mol. The molecule has 0 aliphatic carbocycles. The molecule has 3 rings (SSSR count). The summed E-state index contributed by atoms with van der Waals surface area (Å²) in [6.45, 7) is 5.93. The van der Waals surface area contributed by atoms with Crippen molar-refractivity contribution in [3.63, 3.8) is 0 Å². The normalized spacial score (nSPS) is 16.2. The zero-order valence-corrected chi connectivity index (χ0v) is 12.0. The number of anilines is 1. The maximum atomic E-state index is 5.39. The molecule has 6 nitrogen and oxygen atoms in total. The molecular weight excluding hydrogens is 262 g/mol. The SMILES string of the molecule is CNCc1nc2c(N3CCOCC3)nc(C)nc2s1. The van der Waals surface area contributed by atoms with E-state index in [4.69, 9.17) is 4.74 Å². The van der Waals surface area contributed by atoms with Crippen LogP contribution < -0.4 is 10.2 Å². The number of aromatic nitrogens is 3. The highest BCUT2D eigenvalue weighted by Gasteiger charge is 2.19. The summed E-state index contributed by atoms with van der Waals surface area (Å²) in [6, 6.07) is 0. The van der Waals surface area contributed by atoms with E-state index in [-0.39, 0.29) is 0 Å². The second-order valence-electron chi connectivity index (χ2n) is 4.49. The molecule has 1 aliphatic heterocycles. The Kier molecular flexibility index (Phi) is 3.58. The maximum absolute atomic E-state index is 5.39. The highest BCUT2D eigenvalue weighted by atomic mass is 32.1. The molecule has 19 heavy (non-hydrogen) atoms. The number of fused-ring (bicyclic) bond motifs is 1. The van der Waals surface area contributed by atoms with Crippen molar-refractivity contribution in [1.82, 2.24) is 20.3 Å². The number of ether oxygens (including phenoxy) is 1. The first-order valence-electron chi connectivity index (χ1n) is 6.39. The van der Waals surface area contributed by atoms with Crippen LogP contribution in [0.5, 0.6) is 0 Å². The van der Waals surface area contributed by atoms with Gasteiger partial charge in [-0.3, -0.25) is 0 Å². The van der Waals surface area contributed by atoms with Crippen molar-refractivity contribution < 1.29 is 4.74 Å². The molecule has 0 radical (unpaired) electrons. The fourth-order valence-corrected chi connectivity index (χ4v) is 3.17. The van der Waals surface area contributed by atoms with E-state index in [0.29, 0.717) is 0 Å². The van der Waals surface area contributed by atoms with Crippen LogP contribution >= 0.6 is 11.3 Å². The van der Waals surface area contributed by atoms with Gasteiger partial charge in [0.2, 0.25) is 0 Å². The van der Waals surface area contributed by atoms with Gasteiger partial charge in [-0.25, -0.2) is 15.0 Å². The topological polar surface area (TPSA) is 63.2 Å². The first-order chi connectivity index (χ1) is 9.28. The molecule has 7 heteroatoms. The van der Waals surface area contributed by atoms with Gasteiger partial charge >= 0.3 is 0 Å². The van der Waals surface area contributed by atoms with Crippen LogP contribution in [0.4, 0.5) is 5.82 Å². The number of hydrogen-bond donors (Lipinski definition) is 1. The lowest BCUT2D eigenvalue weighted by Gasteiger charge is -2.27. The summed E-state index contributed by atoms with van der Waals surface area (Å²) < 4.78 is 5.39. The van der Waals surface area contributed by atoms with Crippen LogP contribution in [0.15, 0.2) is 0 Å². The van der Waals surface area contributed by atoms with Gasteiger partial charge in [-0.2, -0.15) is 0 Å². The summed E-state index contributed by atoms with van der Waals surface area (Å²) in [4.78, 5) is 17.0. The van der Waals surface area contributed by atoms with Gasteiger partial charge in [0.05, 0.1) is 13.2 Å². The van der Waals surface area contributed by atoms with Gasteiger partial charge in [0.15, 0.2) is 5.82 Å². The second kappa shape index (κ2) is 5.36. The third-order valence-electron chi connectivity index (χ3n) is 3.04. The van der Waals surface area contributed by atoms with E-state index in [1.165, 1.54) is 0 Å². The van der Waals surface area contributed by atoms with Crippen molar-refractivity contribution in [2.45, 2.75) is 13.5 Å². The average molecular weight is 279 g/mol. The molecular formula is C12H17N5OS. The lowest BCUT2D eigenvalue weighted by molar-refractivity contribution is 0.122. The lowest BCUT2D eigenvalue weighted by Crippen LogP contribution is -2.37. The molecule has 0 amide bonds. The van der Waals surface area contributed by atoms with E-state index >= 15 is 0 Å². The summed E-state index contributed by atoms with van der Waals surface area (Å²) in [7, 11) is 1.92. The third-order valence-corrected chi connectivity index (χ3v) is 3.98. The molecule has 0 saturated carbocycles. The zero-order valence-electron chi connectivity index (χ0n) is 11.1. The monoisotopic (exact) mass is 279 g/mol. The Morgan fingerprint density at radius 2 is 2.05 bits per heavy atom. The molecule has 0 unspecified atom stereocenters. The molecule has 2 aromatic rings. The molecule has 2 aromatic heterocycles. The van der Waals surface area contributed by atoms with Crippen molar-refractivity contribution in [1.29, 1.82) is 0 Å². The first kappa shape index (κ1) is 12.7. The van der Waals surface area contributed by atoms with Crippen molar-refractivity contribution in [3.05, 3.63) is 10.8 Å². The third kappa shape index (κ3) is 2.54. The summed E-state index contributed by atoms with van der Waals surface area (Å²) in [5.41, 5.74) is 0.919. The quantitative estimate of drug-likeness (QED) is 0.902. The van der Waals surface area contributed by atoms with Gasteiger partial charge in [0.25, 0.3) is 0 Å². The Morgan fingerprint density at radius 3 is 2.79 bits per heavy atom. The predicted octanol–water partition coefficient (Wildman–Crippen LogP) is 0.951. The van der Waals surface area contributed by atoms with Crippen LogP contribution in [0.1, 0.15) is 10.8 Å². The van der Waals surface area contributed by atoms with Crippen LogP contribution in [-0.2, 0) is 11.3 Å². The van der Waals surface area contributed by atoms with Crippen LogP contribution in [0.3, 0.4) is 0 Å². The number of thiazole rings is 1. The van der Waals surface area contributed by atoms with Gasteiger partial charge in [-0.1, -0.05) is 11.3 Å². The van der Waals surface area contributed by atoms with Crippen molar-refractivity contribution in [2.75, 3.05) is 38.3 Å². The number of morpholine rings is 1. The molecule has 0 bridgehead atoms. The van der Waals surface area contributed by atoms with E-state index in [1.54, 1.807) is 11.3 Å². The average Bonchev–Trinajstić information content (AvgIpc) is 2.81. The van der Waals surface area contributed by atoms with E-state index in [2.05, 4.69) is 25.2 Å². The highest BCUT2D eigenvalue weighted by molar-refractivity contribution is 7.18. The van der Waals surface area contributed by atoms with Gasteiger partial charge < -0.3 is 15.0 Å². The zero-order chi connectivity index (χ0) is 13.2. The minimum absolute atomic E-state index is 0.748. The van der Waals surface area contributed by atoms with Crippen LogP contribution in [0.2, 0.25) is 0 Å². The largest absolute Gasteiger partial charge is 0.378 e. The smallest absolute Gasteiger partial charge is 0.160 e. The minimum atomic E-state index is 0.748. The molecule has 0 atom stereocenters. The summed E-state index contributed by atoms with van der Waals surface area (Å²) in [5.74, 6) is 1.75. The fourth-order valence-electron chi connectivity index (χ4n) is 2.18. The van der Waals surface area contributed by atoms with Crippen molar-refractivity contribution in [2.24, 2.45) is 0 Å². The Labute approximate surface area is 115 Å². The molecule has 1 aliphatic rings. The Bertz CT molecular complexity index is 579. The maximum Gasteiger partial charge on any atom is 0.160 e. The Hall–Kier alpha value is -1.31. The first-order valence-corrected chi connectivity index (χ1v) is 7.21. The number of nitrogens with one attached hydrogen (secondary N) is 1. The number of aryl methyl sites for hydroxylation is 1. The lowest BCUT2D eigenvalue weighted by atomic mass is 10.3. The number of rotatable bonds is 3. The van der Waals surface area contributed by atoms with Crippen LogP contribution in [-0.4, -0.2) is 48.3 Å². The van der Waals surface area contributed by atoms with Crippen molar-refractivity contribution in [3.8, 4) is 0 Å². The van der Waals surface area contributed by atoms with E-state index < -0.39 is 0 Å². The number of hydrogen-bond acceptors (Lipinski definition) is 7. The standard InChI is InChI=1S/C12H17N5OS/c1-8-14-11(17-3-5-18-6-4-17)10-12(15-8)19-9(16-10)7-13-2/h13H,3-7H2,1-2H3. The summed E-state index contributed by atoms with van der Waals surface area (Å²) in [6.07, 6.45) is 0. The van der Waals surface area contributed by atoms with Crippen LogP contribution in [0, 0.1) is 6.92 Å². The second-order valence-corrected chi connectivity index (χ2v) is 5.55. The molecule has 3 heterocycles. The molecule has 102 valence electrons. The number of nitrogens with zero attached hydrogens (tertiary/aromatic N) is 4. The van der Waals surface area contributed by atoms with Gasteiger partial charge in [-0.05, 0) is 14.0 Å². The highest BCUT2D eigenvalue weighted by Crippen LogP contribution is 2.28. The molecule has 0 aromatic carbocycles. The van der Waals surface area contributed by atoms with Gasteiger partial charge in [0.1, 0.15) is 21.2 Å². The molecule has 1 saturated heterocycles. The summed E-state index contributed by atoms with van der Waals surface area (Å²) >= 11 is 1.63. The molecule has 0 spiro atoms. The summed E-state index contributed by atoms with van der Waals surface area (Å²) in [5, 5.41) is 4.17. The van der Waals surface area contributed by atoms with E-state index in [1.807, 2.05) is 14.0 Å². The van der Waals surface area contributed by atoms with Crippen LogP contribution in [0.25, 0.3) is 10.3 Å². The van der Waals surface area contributed by atoms with E-state index in [9.17, 15) is 0 Å². The molecule has 1 fully saturated rings. The van der Waals surface area contributed by atoms with E-state index in [0.717, 1.165) is 59.8 Å². The molecule has 1 N–H and O–H groups in total.